The Morgan fingerprint density at radius 1 is 1.50 bits per heavy atom. The van der Waals surface area contributed by atoms with Crippen molar-refractivity contribution in [3.8, 4) is 6.07 Å². The van der Waals surface area contributed by atoms with E-state index in [9.17, 15) is 9.90 Å². The Hall–Kier alpha value is -1.08. The molecule has 0 aromatic rings. The Morgan fingerprint density at radius 2 is 2.19 bits per heavy atom. The van der Waals surface area contributed by atoms with Crippen molar-refractivity contribution in [1.29, 1.82) is 5.26 Å². The van der Waals surface area contributed by atoms with E-state index >= 15 is 0 Å². The molecule has 1 spiro atoms. The zero-order valence-electron chi connectivity index (χ0n) is 9.48. The molecule has 1 aliphatic heterocycles. The molecule has 0 unspecified atom stereocenters. The summed E-state index contributed by atoms with van der Waals surface area (Å²) in [4.78, 5) is 13.4. The Balaban J connectivity index is 2.07. The van der Waals surface area contributed by atoms with Crippen LogP contribution in [0.15, 0.2) is 0 Å². The van der Waals surface area contributed by atoms with Crippen molar-refractivity contribution < 1.29 is 9.90 Å². The first-order valence-corrected chi connectivity index (χ1v) is 5.97. The van der Waals surface area contributed by atoms with Gasteiger partial charge >= 0.3 is 0 Å². The summed E-state index contributed by atoms with van der Waals surface area (Å²) >= 11 is 0. The third-order valence-electron chi connectivity index (χ3n) is 4.22. The first kappa shape index (κ1) is 11.4. The number of nitriles is 1. The SMILES string of the molecule is N#CCC(=O)N1C[C@@H](CO)C2(CCCC2)C1. The second kappa shape index (κ2) is 4.42. The van der Waals surface area contributed by atoms with Crippen molar-refractivity contribution in [1.82, 2.24) is 4.90 Å². The lowest BCUT2D eigenvalue weighted by atomic mass is 9.77. The topological polar surface area (TPSA) is 64.3 Å². The molecule has 0 aromatic heterocycles. The van der Waals surface area contributed by atoms with E-state index < -0.39 is 0 Å². The molecule has 2 aliphatic rings. The van der Waals surface area contributed by atoms with Gasteiger partial charge in [0.2, 0.25) is 5.91 Å². The lowest BCUT2D eigenvalue weighted by Crippen LogP contribution is -2.31. The fourth-order valence-corrected chi connectivity index (χ4v) is 3.30. The van der Waals surface area contributed by atoms with Crippen molar-refractivity contribution in [2.75, 3.05) is 19.7 Å². The third kappa shape index (κ3) is 1.80. The fraction of sp³-hybridized carbons (Fsp3) is 0.833. The highest BCUT2D eigenvalue weighted by Crippen LogP contribution is 2.48. The molecule has 1 aliphatic carbocycles. The van der Waals surface area contributed by atoms with Crippen molar-refractivity contribution >= 4 is 5.91 Å². The highest BCUT2D eigenvalue weighted by atomic mass is 16.3. The summed E-state index contributed by atoms with van der Waals surface area (Å²) in [6, 6.07) is 1.90. The molecule has 0 radical (unpaired) electrons. The number of amides is 1. The molecule has 4 nitrogen and oxygen atoms in total. The van der Waals surface area contributed by atoms with Crippen LogP contribution >= 0.6 is 0 Å². The van der Waals surface area contributed by atoms with Gasteiger partial charge in [0.25, 0.3) is 0 Å². The van der Waals surface area contributed by atoms with Crippen LogP contribution in [-0.2, 0) is 4.79 Å². The Labute approximate surface area is 95.9 Å². The highest BCUT2D eigenvalue weighted by molar-refractivity contribution is 5.78. The number of rotatable bonds is 2. The van der Waals surface area contributed by atoms with E-state index in [0.29, 0.717) is 6.54 Å². The Morgan fingerprint density at radius 3 is 2.75 bits per heavy atom. The second-order valence-corrected chi connectivity index (χ2v) is 5.06. The van der Waals surface area contributed by atoms with Gasteiger partial charge in [0, 0.05) is 25.6 Å². The monoisotopic (exact) mass is 222 g/mol. The van der Waals surface area contributed by atoms with Crippen molar-refractivity contribution in [3.63, 3.8) is 0 Å². The van der Waals surface area contributed by atoms with Gasteiger partial charge in [-0.05, 0) is 18.3 Å². The van der Waals surface area contributed by atoms with Gasteiger partial charge in [0.05, 0.1) is 6.07 Å². The molecule has 0 aromatic carbocycles. The molecule has 4 heteroatoms. The number of nitrogens with zero attached hydrogens (tertiary/aromatic N) is 2. The van der Waals surface area contributed by atoms with E-state index in [4.69, 9.17) is 5.26 Å². The summed E-state index contributed by atoms with van der Waals surface area (Å²) < 4.78 is 0. The van der Waals surface area contributed by atoms with Gasteiger partial charge in [0.15, 0.2) is 0 Å². The van der Waals surface area contributed by atoms with Gasteiger partial charge in [-0.1, -0.05) is 12.8 Å². The van der Waals surface area contributed by atoms with Gasteiger partial charge in [-0.2, -0.15) is 5.26 Å². The van der Waals surface area contributed by atoms with Crippen LogP contribution in [0.3, 0.4) is 0 Å². The minimum absolute atomic E-state index is 0.0335. The smallest absolute Gasteiger partial charge is 0.236 e. The average molecular weight is 222 g/mol. The molecule has 1 N–H and O–H groups in total. The van der Waals surface area contributed by atoms with Crippen molar-refractivity contribution in [2.45, 2.75) is 32.1 Å². The van der Waals surface area contributed by atoms with E-state index in [1.54, 1.807) is 4.90 Å². The molecule has 1 amide bonds. The van der Waals surface area contributed by atoms with Crippen LogP contribution in [0.1, 0.15) is 32.1 Å². The molecule has 1 saturated carbocycles. The van der Waals surface area contributed by atoms with Crippen LogP contribution in [0.5, 0.6) is 0 Å². The minimum Gasteiger partial charge on any atom is -0.396 e. The standard InChI is InChI=1S/C12H18N2O2/c13-6-3-11(16)14-7-10(8-15)12(9-14)4-1-2-5-12/h10,15H,1-5,7-9H2/t10-/m0/s1. The van der Waals surface area contributed by atoms with Crippen molar-refractivity contribution in [3.05, 3.63) is 0 Å². The largest absolute Gasteiger partial charge is 0.396 e. The number of hydrogen-bond acceptors (Lipinski definition) is 3. The normalized spacial score (nSPS) is 27.2. The Kier molecular flexibility index (Phi) is 3.15. The zero-order valence-corrected chi connectivity index (χ0v) is 9.48. The predicted octanol–water partition coefficient (Wildman–Crippen LogP) is 0.911. The molecule has 1 atom stereocenters. The maximum atomic E-state index is 11.7. The molecule has 1 heterocycles. The predicted molar refractivity (Wildman–Crippen MR) is 58.3 cm³/mol. The van der Waals surface area contributed by atoms with Crippen LogP contribution in [0.4, 0.5) is 0 Å². The van der Waals surface area contributed by atoms with Crippen LogP contribution in [0.2, 0.25) is 0 Å². The molecule has 88 valence electrons. The first-order valence-electron chi connectivity index (χ1n) is 5.97. The fourth-order valence-electron chi connectivity index (χ4n) is 3.30. The number of carbonyl (C=O) groups is 1. The first-order chi connectivity index (χ1) is 7.72. The zero-order chi connectivity index (χ0) is 11.6. The van der Waals surface area contributed by atoms with E-state index in [-0.39, 0.29) is 30.3 Å². The lowest BCUT2D eigenvalue weighted by molar-refractivity contribution is -0.129. The molecule has 16 heavy (non-hydrogen) atoms. The summed E-state index contributed by atoms with van der Waals surface area (Å²) in [5, 5.41) is 17.9. The quantitative estimate of drug-likeness (QED) is 0.755. The summed E-state index contributed by atoms with van der Waals surface area (Å²) in [7, 11) is 0. The number of carbonyl (C=O) groups excluding carboxylic acids is 1. The van der Waals surface area contributed by atoms with Gasteiger partial charge < -0.3 is 10.0 Å². The molecular formula is C12H18N2O2. The summed E-state index contributed by atoms with van der Waals surface area (Å²) in [5.74, 6) is 0.141. The molecular weight excluding hydrogens is 204 g/mol. The molecule has 1 saturated heterocycles. The van der Waals surface area contributed by atoms with Gasteiger partial charge in [-0.15, -0.1) is 0 Å². The number of likely N-dealkylation sites (tertiary alicyclic amines) is 1. The number of aliphatic hydroxyl groups is 1. The second-order valence-electron chi connectivity index (χ2n) is 5.06. The molecule has 2 rings (SSSR count). The molecule has 0 bridgehead atoms. The summed E-state index contributed by atoms with van der Waals surface area (Å²) in [6.45, 7) is 1.55. The maximum absolute atomic E-state index is 11.7. The van der Waals surface area contributed by atoms with Crippen LogP contribution < -0.4 is 0 Å². The number of hydrogen-bond donors (Lipinski definition) is 1. The van der Waals surface area contributed by atoms with E-state index in [1.165, 1.54) is 12.8 Å². The molecule has 2 fully saturated rings. The van der Waals surface area contributed by atoms with Gasteiger partial charge in [-0.3, -0.25) is 4.79 Å². The summed E-state index contributed by atoms with van der Waals surface area (Å²) in [6.07, 6.45) is 4.62. The Bertz CT molecular complexity index is 315. The number of aliphatic hydroxyl groups excluding tert-OH is 1. The van der Waals surface area contributed by atoms with Crippen LogP contribution in [-0.4, -0.2) is 35.6 Å². The van der Waals surface area contributed by atoms with Gasteiger partial charge in [-0.25, -0.2) is 0 Å². The van der Waals surface area contributed by atoms with E-state index in [2.05, 4.69) is 0 Å². The summed E-state index contributed by atoms with van der Waals surface area (Å²) in [5.41, 5.74) is 0.153. The van der Waals surface area contributed by atoms with E-state index in [0.717, 1.165) is 19.4 Å². The lowest BCUT2D eigenvalue weighted by Gasteiger charge is -2.28. The van der Waals surface area contributed by atoms with Crippen LogP contribution in [0, 0.1) is 22.7 Å². The minimum atomic E-state index is -0.0790. The van der Waals surface area contributed by atoms with Crippen LogP contribution in [0.25, 0.3) is 0 Å². The third-order valence-corrected chi connectivity index (χ3v) is 4.22. The highest BCUT2D eigenvalue weighted by Gasteiger charge is 2.48. The average Bonchev–Trinajstić information content (AvgIpc) is 2.87. The van der Waals surface area contributed by atoms with Gasteiger partial charge in [0.1, 0.15) is 6.42 Å². The maximum Gasteiger partial charge on any atom is 0.236 e. The van der Waals surface area contributed by atoms with E-state index in [1.807, 2.05) is 6.07 Å². The van der Waals surface area contributed by atoms with Crippen molar-refractivity contribution in [2.24, 2.45) is 11.3 Å².